The van der Waals surface area contributed by atoms with Gasteiger partial charge in [0, 0.05) is 18.7 Å². The van der Waals surface area contributed by atoms with E-state index < -0.39 is 0 Å². The first-order valence-electron chi connectivity index (χ1n) is 5.72. The molecular formula is C11H18N4S. The van der Waals surface area contributed by atoms with Crippen LogP contribution in [0.15, 0.2) is 17.4 Å². The highest BCUT2D eigenvalue weighted by Gasteiger charge is 2.12. The SMILES string of the molecule is CSc1cc(NCCC2CCCN2)ncn1. The van der Waals surface area contributed by atoms with Crippen molar-refractivity contribution in [3.63, 3.8) is 0 Å². The fourth-order valence-corrected chi connectivity index (χ4v) is 2.31. The molecule has 1 aromatic heterocycles. The van der Waals surface area contributed by atoms with Crippen molar-refractivity contribution in [2.75, 3.05) is 24.7 Å². The first-order valence-corrected chi connectivity index (χ1v) is 6.94. The largest absolute Gasteiger partial charge is 0.370 e. The molecule has 0 saturated carbocycles. The fourth-order valence-electron chi connectivity index (χ4n) is 1.93. The standard InChI is InChI=1S/C11H18N4S/c1-16-11-7-10(14-8-15-11)13-6-4-9-3-2-5-12-9/h7-9,12H,2-6H2,1H3,(H,13,14,15). The molecule has 1 fully saturated rings. The van der Waals surface area contributed by atoms with Gasteiger partial charge in [0.2, 0.25) is 0 Å². The van der Waals surface area contributed by atoms with Crippen LogP contribution in [0.5, 0.6) is 0 Å². The van der Waals surface area contributed by atoms with Crippen LogP contribution < -0.4 is 10.6 Å². The Morgan fingerprint density at radius 2 is 2.50 bits per heavy atom. The molecule has 16 heavy (non-hydrogen) atoms. The van der Waals surface area contributed by atoms with E-state index >= 15 is 0 Å². The van der Waals surface area contributed by atoms with Gasteiger partial charge in [0.1, 0.15) is 17.2 Å². The first-order chi connectivity index (χ1) is 7.88. The van der Waals surface area contributed by atoms with Crippen molar-refractivity contribution in [1.82, 2.24) is 15.3 Å². The highest BCUT2D eigenvalue weighted by atomic mass is 32.2. The van der Waals surface area contributed by atoms with Crippen molar-refractivity contribution in [1.29, 1.82) is 0 Å². The Kier molecular flexibility index (Phi) is 4.42. The summed E-state index contributed by atoms with van der Waals surface area (Å²) in [5.74, 6) is 0.928. The summed E-state index contributed by atoms with van der Waals surface area (Å²) in [5.41, 5.74) is 0. The number of aromatic nitrogens is 2. The monoisotopic (exact) mass is 238 g/mol. The summed E-state index contributed by atoms with van der Waals surface area (Å²) in [4.78, 5) is 8.34. The molecule has 1 atom stereocenters. The van der Waals surface area contributed by atoms with Crippen molar-refractivity contribution in [2.24, 2.45) is 0 Å². The van der Waals surface area contributed by atoms with E-state index in [1.54, 1.807) is 18.1 Å². The Morgan fingerprint density at radius 1 is 1.56 bits per heavy atom. The highest BCUT2D eigenvalue weighted by molar-refractivity contribution is 7.98. The molecule has 0 radical (unpaired) electrons. The number of thioether (sulfide) groups is 1. The van der Waals surface area contributed by atoms with Gasteiger partial charge in [-0.15, -0.1) is 11.8 Å². The lowest BCUT2D eigenvalue weighted by molar-refractivity contribution is 0.574. The lowest BCUT2D eigenvalue weighted by Gasteiger charge is -2.11. The summed E-state index contributed by atoms with van der Waals surface area (Å²) in [7, 11) is 0. The molecule has 1 aromatic rings. The fraction of sp³-hybridized carbons (Fsp3) is 0.636. The second kappa shape index (κ2) is 6.06. The van der Waals surface area contributed by atoms with Gasteiger partial charge in [0.05, 0.1) is 0 Å². The third-order valence-corrected chi connectivity index (χ3v) is 3.45. The molecule has 0 aliphatic carbocycles. The zero-order valence-corrected chi connectivity index (χ0v) is 10.4. The maximum atomic E-state index is 4.20. The van der Waals surface area contributed by atoms with E-state index in [1.165, 1.54) is 25.8 Å². The highest BCUT2D eigenvalue weighted by Crippen LogP contribution is 2.14. The molecule has 88 valence electrons. The Balaban J connectivity index is 1.75. The maximum absolute atomic E-state index is 4.20. The van der Waals surface area contributed by atoms with Gasteiger partial charge in [-0.1, -0.05) is 0 Å². The Labute approximate surface area is 101 Å². The van der Waals surface area contributed by atoms with Gasteiger partial charge in [-0.3, -0.25) is 0 Å². The Morgan fingerprint density at radius 3 is 3.25 bits per heavy atom. The van der Waals surface area contributed by atoms with Crippen molar-refractivity contribution >= 4 is 17.6 Å². The van der Waals surface area contributed by atoms with E-state index in [1.807, 2.05) is 12.3 Å². The summed E-state index contributed by atoms with van der Waals surface area (Å²) in [6, 6.07) is 2.68. The van der Waals surface area contributed by atoms with E-state index in [9.17, 15) is 0 Å². The molecular weight excluding hydrogens is 220 g/mol. The zero-order valence-electron chi connectivity index (χ0n) is 9.57. The predicted molar refractivity (Wildman–Crippen MR) is 67.9 cm³/mol. The van der Waals surface area contributed by atoms with E-state index in [4.69, 9.17) is 0 Å². The predicted octanol–water partition coefficient (Wildman–Crippen LogP) is 1.75. The molecule has 1 aliphatic rings. The summed E-state index contributed by atoms with van der Waals surface area (Å²) in [6.07, 6.45) is 7.42. The van der Waals surface area contributed by atoms with E-state index in [0.717, 1.165) is 17.4 Å². The average molecular weight is 238 g/mol. The van der Waals surface area contributed by atoms with E-state index in [2.05, 4.69) is 20.6 Å². The third kappa shape index (κ3) is 3.35. The molecule has 2 N–H and O–H groups in total. The molecule has 5 heteroatoms. The molecule has 0 bridgehead atoms. The van der Waals surface area contributed by atoms with Gasteiger partial charge in [-0.05, 0) is 32.1 Å². The molecule has 1 saturated heterocycles. The van der Waals surface area contributed by atoms with E-state index in [0.29, 0.717) is 6.04 Å². The Hall–Kier alpha value is -0.810. The molecule has 0 spiro atoms. The number of nitrogens with zero attached hydrogens (tertiary/aromatic N) is 2. The third-order valence-electron chi connectivity index (χ3n) is 2.81. The molecule has 0 aromatic carbocycles. The smallest absolute Gasteiger partial charge is 0.130 e. The van der Waals surface area contributed by atoms with Gasteiger partial charge < -0.3 is 10.6 Å². The minimum absolute atomic E-state index is 0.689. The Bertz CT molecular complexity index is 326. The van der Waals surface area contributed by atoms with Crippen LogP contribution in [0.2, 0.25) is 0 Å². The van der Waals surface area contributed by atoms with Crippen LogP contribution in [0.4, 0.5) is 5.82 Å². The topological polar surface area (TPSA) is 49.8 Å². The van der Waals surface area contributed by atoms with Gasteiger partial charge in [-0.25, -0.2) is 9.97 Å². The van der Waals surface area contributed by atoms with E-state index in [-0.39, 0.29) is 0 Å². The molecule has 0 amide bonds. The van der Waals surface area contributed by atoms with Crippen molar-refractivity contribution in [3.05, 3.63) is 12.4 Å². The molecule has 2 rings (SSSR count). The van der Waals surface area contributed by atoms with Crippen LogP contribution in [0.25, 0.3) is 0 Å². The molecule has 2 heterocycles. The number of nitrogens with one attached hydrogen (secondary N) is 2. The summed E-state index contributed by atoms with van der Waals surface area (Å²) < 4.78 is 0. The number of rotatable bonds is 5. The van der Waals surface area contributed by atoms with Crippen LogP contribution in [-0.4, -0.2) is 35.4 Å². The summed E-state index contributed by atoms with van der Waals surface area (Å²) in [6.45, 7) is 2.15. The van der Waals surface area contributed by atoms with Gasteiger partial charge >= 0.3 is 0 Å². The van der Waals surface area contributed by atoms with Crippen molar-refractivity contribution in [2.45, 2.75) is 30.3 Å². The van der Waals surface area contributed by atoms with Crippen molar-refractivity contribution in [3.8, 4) is 0 Å². The van der Waals surface area contributed by atoms with Crippen LogP contribution in [0.1, 0.15) is 19.3 Å². The van der Waals surface area contributed by atoms with Gasteiger partial charge in [0.25, 0.3) is 0 Å². The van der Waals surface area contributed by atoms with Crippen LogP contribution in [-0.2, 0) is 0 Å². The molecule has 1 unspecified atom stereocenters. The lowest BCUT2D eigenvalue weighted by atomic mass is 10.1. The summed E-state index contributed by atoms with van der Waals surface area (Å²) >= 11 is 1.64. The quantitative estimate of drug-likeness (QED) is 0.604. The number of anilines is 1. The minimum Gasteiger partial charge on any atom is -0.370 e. The summed E-state index contributed by atoms with van der Waals surface area (Å²) in [5, 5.41) is 7.84. The average Bonchev–Trinajstić information content (AvgIpc) is 2.82. The maximum Gasteiger partial charge on any atom is 0.130 e. The first kappa shape index (κ1) is 11.7. The molecule has 1 aliphatic heterocycles. The second-order valence-electron chi connectivity index (χ2n) is 3.95. The van der Waals surface area contributed by atoms with Crippen LogP contribution in [0, 0.1) is 0 Å². The van der Waals surface area contributed by atoms with Crippen molar-refractivity contribution < 1.29 is 0 Å². The normalized spacial score (nSPS) is 19.9. The van der Waals surface area contributed by atoms with Crippen LogP contribution in [0.3, 0.4) is 0 Å². The molecule has 4 nitrogen and oxygen atoms in total. The zero-order chi connectivity index (χ0) is 11.2. The minimum atomic E-state index is 0.689. The number of hydrogen-bond acceptors (Lipinski definition) is 5. The van der Waals surface area contributed by atoms with Crippen LogP contribution >= 0.6 is 11.8 Å². The number of hydrogen-bond donors (Lipinski definition) is 2. The van der Waals surface area contributed by atoms with Gasteiger partial charge in [-0.2, -0.15) is 0 Å². The van der Waals surface area contributed by atoms with Gasteiger partial charge in [0.15, 0.2) is 0 Å². The second-order valence-corrected chi connectivity index (χ2v) is 4.78. The lowest BCUT2D eigenvalue weighted by Crippen LogP contribution is -2.24.